The van der Waals surface area contributed by atoms with Crippen LogP contribution in [0.4, 0.5) is 4.79 Å². The van der Waals surface area contributed by atoms with Gasteiger partial charge in [0.1, 0.15) is 6.61 Å². The molecular formula is C27H30N2O6. The van der Waals surface area contributed by atoms with E-state index in [1.807, 2.05) is 24.3 Å². The molecule has 3 N–H and O–H groups in total. The molecule has 0 aromatic heterocycles. The molecule has 8 nitrogen and oxygen atoms in total. The van der Waals surface area contributed by atoms with Crippen LogP contribution in [0, 0.1) is 5.92 Å². The normalized spacial score (nSPS) is 21.9. The van der Waals surface area contributed by atoms with Crippen LogP contribution in [0.25, 0.3) is 11.1 Å². The second kappa shape index (κ2) is 9.70. The van der Waals surface area contributed by atoms with Gasteiger partial charge in [-0.2, -0.15) is 0 Å². The summed E-state index contributed by atoms with van der Waals surface area (Å²) in [6.45, 7) is 0.665. The number of nitrogens with one attached hydrogen (secondary N) is 2. The van der Waals surface area contributed by atoms with Gasteiger partial charge in [0.05, 0.1) is 24.2 Å². The van der Waals surface area contributed by atoms with E-state index in [1.165, 1.54) is 11.1 Å². The zero-order chi connectivity index (χ0) is 24.4. The van der Waals surface area contributed by atoms with Gasteiger partial charge < -0.3 is 25.2 Å². The highest BCUT2D eigenvalue weighted by molar-refractivity contribution is 5.80. The number of carbonyl (C=O) groups excluding carboxylic acids is 2. The fourth-order valence-corrected chi connectivity index (χ4v) is 5.42. The number of fused-ring (bicyclic) bond motifs is 3. The second-order valence-corrected chi connectivity index (χ2v) is 9.79. The van der Waals surface area contributed by atoms with Gasteiger partial charge in [-0.3, -0.25) is 9.59 Å². The fourth-order valence-electron chi connectivity index (χ4n) is 5.42. The van der Waals surface area contributed by atoms with Crippen molar-refractivity contribution in [1.29, 1.82) is 0 Å². The van der Waals surface area contributed by atoms with E-state index in [0.717, 1.165) is 17.5 Å². The van der Waals surface area contributed by atoms with Crippen molar-refractivity contribution in [2.75, 3.05) is 19.8 Å². The lowest BCUT2D eigenvalue weighted by Crippen LogP contribution is -2.56. The lowest BCUT2D eigenvalue weighted by Gasteiger charge is -2.41. The summed E-state index contributed by atoms with van der Waals surface area (Å²) >= 11 is 0. The average molecular weight is 479 g/mol. The van der Waals surface area contributed by atoms with Gasteiger partial charge in [-0.05, 0) is 47.9 Å². The number of rotatable bonds is 8. The molecule has 35 heavy (non-hydrogen) atoms. The molecule has 2 amide bonds. The summed E-state index contributed by atoms with van der Waals surface area (Å²) in [6, 6.07) is 16.4. The van der Waals surface area contributed by atoms with Crippen molar-refractivity contribution in [2.24, 2.45) is 5.92 Å². The average Bonchev–Trinajstić information content (AvgIpc) is 3.43. The third-order valence-electron chi connectivity index (χ3n) is 7.48. The molecule has 1 heterocycles. The standard InChI is InChI=1S/C27H30N2O6/c30-24(28-14-18-12-17(15-34-18)25(31)32)13-27(10-5-11-27)29-26(33)35-16-23-21-8-3-1-6-19(21)20-7-2-4-9-22(20)23/h1-4,6-9,17-18,23H,5,10-16H2,(H,28,30)(H,29,33)(H,31,32)/t17-,18-/m0/s1. The van der Waals surface area contributed by atoms with Crippen molar-refractivity contribution in [1.82, 2.24) is 10.6 Å². The molecule has 2 aliphatic carbocycles. The molecule has 2 atom stereocenters. The summed E-state index contributed by atoms with van der Waals surface area (Å²) in [6.07, 6.45) is 2.10. The molecule has 2 aromatic rings. The smallest absolute Gasteiger partial charge is 0.407 e. The number of alkyl carbamates (subject to hydrolysis) is 1. The molecule has 0 bridgehead atoms. The molecule has 1 aliphatic heterocycles. The fraction of sp³-hybridized carbons (Fsp3) is 0.444. The van der Waals surface area contributed by atoms with E-state index in [-0.39, 0.29) is 44.1 Å². The van der Waals surface area contributed by atoms with Crippen LogP contribution in [0.2, 0.25) is 0 Å². The first kappa shape index (κ1) is 23.4. The van der Waals surface area contributed by atoms with E-state index in [2.05, 4.69) is 34.9 Å². The van der Waals surface area contributed by atoms with E-state index in [4.69, 9.17) is 14.6 Å². The SMILES string of the molecule is O=C(CC1(NC(=O)OCC2c3ccccc3-c3ccccc32)CCC1)NC[C@@H]1C[C@H](C(=O)O)CO1. The maximum absolute atomic E-state index is 12.7. The number of aliphatic carboxylic acids is 1. The minimum Gasteiger partial charge on any atom is -0.481 e. The van der Waals surface area contributed by atoms with E-state index in [0.29, 0.717) is 19.3 Å². The van der Waals surface area contributed by atoms with Gasteiger partial charge in [0.15, 0.2) is 0 Å². The second-order valence-electron chi connectivity index (χ2n) is 9.79. The highest BCUT2D eigenvalue weighted by Crippen LogP contribution is 2.44. The third kappa shape index (κ3) is 4.89. The number of carboxylic acids is 1. The zero-order valence-electron chi connectivity index (χ0n) is 19.5. The Hall–Kier alpha value is -3.39. The van der Waals surface area contributed by atoms with Gasteiger partial charge in [0, 0.05) is 18.9 Å². The van der Waals surface area contributed by atoms with E-state index >= 15 is 0 Å². The molecule has 0 spiro atoms. The summed E-state index contributed by atoms with van der Waals surface area (Å²) in [5.74, 6) is -1.61. The van der Waals surface area contributed by atoms with Crippen LogP contribution in [0.3, 0.4) is 0 Å². The number of hydrogen-bond acceptors (Lipinski definition) is 5. The number of amides is 2. The van der Waals surface area contributed by atoms with Gasteiger partial charge in [-0.15, -0.1) is 0 Å². The maximum atomic E-state index is 12.7. The van der Waals surface area contributed by atoms with Crippen LogP contribution in [0.5, 0.6) is 0 Å². The summed E-state index contributed by atoms with van der Waals surface area (Å²) < 4.78 is 11.1. The van der Waals surface area contributed by atoms with Crippen LogP contribution in [-0.2, 0) is 19.1 Å². The molecule has 2 aromatic carbocycles. The van der Waals surface area contributed by atoms with Crippen LogP contribution < -0.4 is 10.6 Å². The minimum absolute atomic E-state index is 0.0187. The Balaban J connectivity index is 1.13. The number of benzene rings is 2. The van der Waals surface area contributed by atoms with Crippen molar-refractivity contribution in [2.45, 2.75) is 49.7 Å². The summed E-state index contributed by atoms with van der Waals surface area (Å²) in [5.41, 5.74) is 4.04. The highest BCUT2D eigenvalue weighted by atomic mass is 16.5. The van der Waals surface area contributed by atoms with Gasteiger partial charge in [-0.25, -0.2) is 4.79 Å². The first-order chi connectivity index (χ1) is 16.9. The maximum Gasteiger partial charge on any atom is 0.407 e. The van der Waals surface area contributed by atoms with Crippen molar-refractivity contribution in [3.63, 3.8) is 0 Å². The van der Waals surface area contributed by atoms with Crippen molar-refractivity contribution >= 4 is 18.0 Å². The number of hydrogen-bond donors (Lipinski definition) is 3. The van der Waals surface area contributed by atoms with Gasteiger partial charge in [0.2, 0.25) is 5.91 Å². The lowest BCUT2D eigenvalue weighted by molar-refractivity contribution is -0.141. The van der Waals surface area contributed by atoms with E-state index in [9.17, 15) is 14.4 Å². The third-order valence-corrected chi connectivity index (χ3v) is 7.48. The molecule has 1 saturated heterocycles. The monoisotopic (exact) mass is 478 g/mol. The molecule has 3 aliphatic rings. The molecule has 0 radical (unpaired) electrons. The van der Waals surface area contributed by atoms with Gasteiger partial charge in [0.25, 0.3) is 0 Å². The van der Waals surface area contributed by atoms with Crippen LogP contribution in [0.1, 0.15) is 49.1 Å². The number of ether oxygens (including phenoxy) is 2. The van der Waals surface area contributed by atoms with E-state index in [1.54, 1.807) is 0 Å². The van der Waals surface area contributed by atoms with Crippen LogP contribution in [0.15, 0.2) is 48.5 Å². The Kier molecular flexibility index (Phi) is 6.47. The summed E-state index contributed by atoms with van der Waals surface area (Å²) in [5, 5.41) is 14.9. The predicted molar refractivity (Wildman–Crippen MR) is 128 cm³/mol. The molecule has 184 valence electrons. The minimum atomic E-state index is -0.875. The largest absolute Gasteiger partial charge is 0.481 e. The Morgan fingerprint density at radius 3 is 2.26 bits per heavy atom. The Morgan fingerprint density at radius 1 is 1.03 bits per heavy atom. The number of carboxylic acid groups (broad SMARTS) is 1. The highest BCUT2D eigenvalue weighted by Gasteiger charge is 2.41. The first-order valence-corrected chi connectivity index (χ1v) is 12.2. The van der Waals surface area contributed by atoms with Gasteiger partial charge in [-0.1, -0.05) is 48.5 Å². The Morgan fingerprint density at radius 2 is 1.69 bits per heavy atom. The van der Waals surface area contributed by atoms with Crippen LogP contribution in [-0.4, -0.2) is 54.5 Å². The molecule has 1 saturated carbocycles. The summed E-state index contributed by atoms with van der Waals surface area (Å²) in [7, 11) is 0. The zero-order valence-corrected chi connectivity index (χ0v) is 19.5. The Bertz CT molecular complexity index is 1080. The van der Waals surface area contributed by atoms with Crippen molar-refractivity contribution < 1.29 is 29.0 Å². The topological polar surface area (TPSA) is 114 Å². The molecule has 5 rings (SSSR count). The predicted octanol–water partition coefficient (Wildman–Crippen LogP) is 3.44. The van der Waals surface area contributed by atoms with Crippen LogP contribution >= 0.6 is 0 Å². The van der Waals surface area contributed by atoms with Crippen molar-refractivity contribution in [3.8, 4) is 11.1 Å². The first-order valence-electron chi connectivity index (χ1n) is 12.2. The van der Waals surface area contributed by atoms with Crippen molar-refractivity contribution in [3.05, 3.63) is 59.7 Å². The number of carbonyl (C=O) groups is 3. The molecular weight excluding hydrogens is 448 g/mol. The van der Waals surface area contributed by atoms with Gasteiger partial charge >= 0.3 is 12.1 Å². The lowest BCUT2D eigenvalue weighted by atomic mass is 9.74. The molecule has 0 unspecified atom stereocenters. The molecule has 8 heteroatoms. The summed E-state index contributed by atoms with van der Waals surface area (Å²) in [4.78, 5) is 36.4. The quantitative estimate of drug-likeness (QED) is 0.536. The molecule has 2 fully saturated rings. The Labute approximate surface area is 204 Å². The van der Waals surface area contributed by atoms with E-state index < -0.39 is 23.5 Å².